The number of anilines is 2. The average molecular weight is 400 g/mol. The number of amides is 2. The first kappa shape index (κ1) is 21.4. The van der Waals surface area contributed by atoms with Gasteiger partial charge in [-0.25, -0.2) is 19.2 Å². The van der Waals surface area contributed by atoms with Crippen molar-refractivity contribution < 1.29 is 33.4 Å². The van der Waals surface area contributed by atoms with Gasteiger partial charge in [0, 0.05) is 5.69 Å². The van der Waals surface area contributed by atoms with E-state index in [4.69, 9.17) is 4.74 Å². The Labute approximate surface area is 166 Å². The van der Waals surface area contributed by atoms with Crippen LogP contribution in [0.2, 0.25) is 0 Å². The van der Waals surface area contributed by atoms with E-state index in [1.54, 1.807) is 6.92 Å². The summed E-state index contributed by atoms with van der Waals surface area (Å²) in [7, 11) is 2.42. The maximum absolute atomic E-state index is 12.3. The zero-order valence-electron chi connectivity index (χ0n) is 16.1. The Bertz CT molecular complexity index is 923. The van der Waals surface area contributed by atoms with E-state index in [1.807, 2.05) is 0 Å². The van der Waals surface area contributed by atoms with Gasteiger partial charge >= 0.3 is 23.9 Å². The number of methoxy groups -OCH3 is 2. The Hall–Kier alpha value is -3.88. The van der Waals surface area contributed by atoms with Crippen molar-refractivity contribution in [1.29, 1.82) is 0 Å². The molecule has 0 aliphatic rings. The van der Waals surface area contributed by atoms with Crippen LogP contribution >= 0.6 is 0 Å². The van der Waals surface area contributed by atoms with Crippen LogP contribution in [-0.4, -0.2) is 44.8 Å². The van der Waals surface area contributed by atoms with Crippen molar-refractivity contribution >= 4 is 35.3 Å². The normalized spacial score (nSPS) is 9.90. The van der Waals surface area contributed by atoms with Gasteiger partial charge in [0.25, 0.3) is 0 Å². The number of esters is 3. The van der Waals surface area contributed by atoms with Gasteiger partial charge in [-0.05, 0) is 49.4 Å². The van der Waals surface area contributed by atoms with Crippen LogP contribution in [0.25, 0.3) is 0 Å². The van der Waals surface area contributed by atoms with Gasteiger partial charge in [-0.1, -0.05) is 0 Å². The first-order valence-electron chi connectivity index (χ1n) is 8.55. The number of nitrogens with one attached hydrogen (secondary N) is 2. The fourth-order valence-corrected chi connectivity index (χ4v) is 2.37. The first-order valence-corrected chi connectivity index (χ1v) is 8.55. The predicted octanol–water partition coefficient (Wildman–Crippen LogP) is 3.08. The molecule has 0 heterocycles. The lowest BCUT2D eigenvalue weighted by molar-refractivity contribution is 0.0524. The predicted molar refractivity (Wildman–Crippen MR) is 104 cm³/mol. The minimum atomic E-state index is -0.685. The molecule has 2 amide bonds. The summed E-state index contributed by atoms with van der Waals surface area (Å²) >= 11 is 0. The van der Waals surface area contributed by atoms with Gasteiger partial charge in [0.2, 0.25) is 0 Å². The third kappa shape index (κ3) is 5.55. The van der Waals surface area contributed by atoms with Crippen molar-refractivity contribution in [3.05, 3.63) is 59.2 Å². The number of carbonyl (C=O) groups excluding carboxylic acids is 4. The zero-order valence-corrected chi connectivity index (χ0v) is 16.1. The van der Waals surface area contributed by atoms with E-state index in [2.05, 4.69) is 20.1 Å². The smallest absolute Gasteiger partial charge is 0.339 e. The Balaban J connectivity index is 2.17. The van der Waals surface area contributed by atoms with Crippen LogP contribution in [0.3, 0.4) is 0 Å². The quantitative estimate of drug-likeness (QED) is 0.565. The molecule has 0 atom stereocenters. The van der Waals surface area contributed by atoms with Crippen molar-refractivity contribution in [3.8, 4) is 0 Å². The molecule has 2 N–H and O–H groups in total. The molecule has 0 saturated carbocycles. The highest BCUT2D eigenvalue weighted by Gasteiger charge is 2.17. The summed E-state index contributed by atoms with van der Waals surface area (Å²) in [6.45, 7) is 1.96. The Morgan fingerprint density at radius 2 is 1.41 bits per heavy atom. The van der Waals surface area contributed by atoms with E-state index < -0.39 is 23.9 Å². The number of benzene rings is 2. The second-order valence-corrected chi connectivity index (χ2v) is 5.62. The average Bonchev–Trinajstić information content (AvgIpc) is 2.73. The van der Waals surface area contributed by atoms with Crippen LogP contribution in [-0.2, 0) is 14.2 Å². The molecule has 0 aliphatic heterocycles. The standard InChI is InChI=1S/C20H20N2O7/c1-4-29-18(24)12-5-8-14(9-6-12)21-20(26)22-16-11-13(17(23)27-2)7-10-15(16)19(25)28-3/h5-11H,4H2,1-3H3,(H2,21,22,26). The molecule has 0 unspecified atom stereocenters. The molecule has 2 aromatic rings. The highest BCUT2D eigenvalue weighted by molar-refractivity contribution is 6.06. The van der Waals surface area contributed by atoms with Crippen molar-refractivity contribution in [2.45, 2.75) is 6.92 Å². The van der Waals surface area contributed by atoms with Gasteiger partial charge in [-0.15, -0.1) is 0 Å². The molecule has 9 nitrogen and oxygen atoms in total. The minimum absolute atomic E-state index is 0.0629. The van der Waals surface area contributed by atoms with Crippen molar-refractivity contribution in [2.75, 3.05) is 31.5 Å². The summed E-state index contributed by atoms with van der Waals surface area (Å²) in [6.07, 6.45) is 0. The van der Waals surface area contributed by atoms with E-state index in [0.29, 0.717) is 11.3 Å². The summed E-state index contributed by atoms with van der Waals surface area (Å²) in [5.41, 5.74) is 1.03. The summed E-state index contributed by atoms with van der Waals surface area (Å²) in [5, 5.41) is 5.07. The second-order valence-electron chi connectivity index (χ2n) is 5.62. The van der Waals surface area contributed by atoms with E-state index in [0.717, 1.165) is 0 Å². The van der Waals surface area contributed by atoms with Gasteiger partial charge in [0.05, 0.1) is 43.2 Å². The van der Waals surface area contributed by atoms with Crippen LogP contribution < -0.4 is 10.6 Å². The second kappa shape index (κ2) is 9.88. The SMILES string of the molecule is CCOC(=O)c1ccc(NC(=O)Nc2cc(C(=O)OC)ccc2C(=O)OC)cc1. The molecular weight excluding hydrogens is 380 g/mol. The Morgan fingerprint density at radius 1 is 0.793 bits per heavy atom. The minimum Gasteiger partial charge on any atom is -0.465 e. The monoisotopic (exact) mass is 400 g/mol. The maximum atomic E-state index is 12.3. The van der Waals surface area contributed by atoms with Crippen LogP contribution in [0.15, 0.2) is 42.5 Å². The van der Waals surface area contributed by atoms with E-state index in [9.17, 15) is 19.2 Å². The molecular formula is C20H20N2O7. The molecule has 0 bridgehead atoms. The van der Waals surface area contributed by atoms with Gasteiger partial charge in [-0.3, -0.25) is 0 Å². The molecule has 0 aliphatic carbocycles. The van der Waals surface area contributed by atoms with Gasteiger partial charge in [0.15, 0.2) is 0 Å². The number of ether oxygens (including phenoxy) is 3. The summed E-state index contributed by atoms with van der Waals surface area (Å²) in [4.78, 5) is 47.6. The van der Waals surface area contributed by atoms with Gasteiger partial charge in [0.1, 0.15) is 0 Å². The van der Waals surface area contributed by atoms with Crippen molar-refractivity contribution in [3.63, 3.8) is 0 Å². The number of hydrogen-bond acceptors (Lipinski definition) is 7. The van der Waals surface area contributed by atoms with E-state index in [-0.39, 0.29) is 23.4 Å². The number of urea groups is 1. The van der Waals surface area contributed by atoms with E-state index >= 15 is 0 Å². The largest absolute Gasteiger partial charge is 0.465 e. The van der Waals surface area contributed by atoms with Crippen molar-refractivity contribution in [2.24, 2.45) is 0 Å². The third-order valence-corrected chi connectivity index (χ3v) is 3.75. The van der Waals surface area contributed by atoms with Crippen LogP contribution in [0, 0.1) is 0 Å². The number of rotatable bonds is 6. The van der Waals surface area contributed by atoms with Crippen LogP contribution in [0.5, 0.6) is 0 Å². The number of carbonyl (C=O) groups is 4. The molecule has 2 rings (SSSR count). The molecule has 9 heteroatoms. The maximum Gasteiger partial charge on any atom is 0.339 e. The molecule has 2 aromatic carbocycles. The number of hydrogen-bond donors (Lipinski definition) is 2. The molecule has 0 aromatic heterocycles. The highest BCUT2D eigenvalue weighted by Crippen LogP contribution is 2.20. The van der Waals surface area contributed by atoms with Crippen LogP contribution in [0.1, 0.15) is 38.0 Å². The summed E-state index contributed by atoms with van der Waals surface area (Å²) in [5.74, 6) is -1.78. The Kier molecular flexibility index (Phi) is 7.30. The molecule has 0 fully saturated rings. The molecule has 29 heavy (non-hydrogen) atoms. The summed E-state index contributed by atoms with van der Waals surface area (Å²) < 4.78 is 14.2. The third-order valence-electron chi connectivity index (χ3n) is 3.75. The van der Waals surface area contributed by atoms with Crippen molar-refractivity contribution in [1.82, 2.24) is 0 Å². The zero-order chi connectivity index (χ0) is 21.4. The topological polar surface area (TPSA) is 120 Å². The molecule has 152 valence electrons. The van der Waals surface area contributed by atoms with Gasteiger partial charge in [-0.2, -0.15) is 0 Å². The fraction of sp³-hybridized carbons (Fsp3) is 0.200. The Morgan fingerprint density at radius 3 is 2.00 bits per heavy atom. The summed E-state index contributed by atoms with van der Waals surface area (Å²) in [6, 6.07) is 9.44. The lowest BCUT2D eigenvalue weighted by atomic mass is 10.1. The molecule has 0 spiro atoms. The first-order chi connectivity index (χ1) is 13.9. The lowest BCUT2D eigenvalue weighted by Gasteiger charge is -2.12. The molecule has 0 radical (unpaired) electrons. The lowest BCUT2D eigenvalue weighted by Crippen LogP contribution is -2.21. The van der Waals surface area contributed by atoms with Crippen LogP contribution in [0.4, 0.5) is 16.2 Å². The van der Waals surface area contributed by atoms with Gasteiger partial charge < -0.3 is 24.8 Å². The molecule has 0 saturated heterocycles. The van der Waals surface area contributed by atoms with E-state index in [1.165, 1.54) is 56.7 Å². The highest BCUT2D eigenvalue weighted by atomic mass is 16.5. The fourth-order valence-electron chi connectivity index (χ4n) is 2.37.